The Morgan fingerprint density at radius 2 is 1.83 bits per heavy atom. The predicted octanol–water partition coefficient (Wildman–Crippen LogP) is 10.3. The van der Waals surface area contributed by atoms with Crippen molar-refractivity contribution in [2.75, 3.05) is 0 Å². The summed E-state index contributed by atoms with van der Waals surface area (Å²) >= 11 is 1.35. The molecule has 4 nitrogen and oxygen atoms in total. The van der Waals surface area contributed by atoms with Crippen molar-refractivity contribution in [3.05, 3.63) is 79.5 Å². The maximum Gasteiger partial charge on any atom is 0.405 e. The maximum atomic E-state index is 14.3. The lowest BCUT2D eigenvalue weighted by atomic mass is 9.89. The minimum absolute atomic E-state index is 0.158. The molecule has 1 amide bonds. The highest BCUT2D eigenvalue weighted by Gasteiger charge is 2.37. The molecule has 0 N–H and O–H groups in total. The van der Waals surface area contributed by atoms with E-state index in [1.54, 1.807) is 0 Å². The molecule has 1 aromatic rings. The lowest BCUT2D eigenvalue weighted by Crippen LogP contribution is -2.22. The second-order valence-electron chi connectivity index (χ2n) is 10.7. The van der Waals surface area contributed by atoms with Crippen molar-refractivity contribution in [2.45, 2.75) is 91.9 Å². The number of carbonyl (C=O) groups is 1. The van der Waals surface area contributed by atoms with Gasteiger partial charge in [0.25, 0.3) is 5.91 Å². The number of hydrogen-bond acceptors (Lipinski definition) is 4. The highest BCUT2D eigenvalue weighted by Crippen LogP contribution is 2.40. The van der Waals surface area contributed by atoms with Crippen molar-refractivity contribution in [2.24, 2.45) is 16.1 Å². The summed E-state index contributed by atoms with van der Waals surface area (Å²) in [4.78, 5) is 27.3. The van der Waals surface area contributed by atoms with Crippen LogP contribution in [0.4, 0.5) is 23.2 Å². The van der Waals surface area contributed by atoms with Gasteiger partial charge in [0.2, 0.25) is 0 Å². The van der Waals surface area contributed by atoms with Crippen LogP contribution in [-0.4, -0.2) is 23.5 Å². The number of benzene rings is 1. The van der Waals surface area contributed by atoms with E-state index in [1.165, 1.54) is 40.6 Å². The summed E-state index contributed by atoms with van der Waals surface area (Å²) in [6.45, 7) is 17.2. The van der Waals surface area contributed by atoms with Crippen molar-refractivity contribution in [3.63, 3.8) is 0 Å². The third-order valence-electron chi connectivity index (χ3n) is 6.96. The molecule has 0 fully saturated rings. The van der Waals surface area contributed by atoms with E-state index in [0.29, 0.717) is 16.9 Å². The van der Waals surface area contributed by atoms with Gasteiger partial charge >= 0.3 is 6.18 Å². The van der Waals surface area contributed by atoms with Crippen LogP contribution in [0.5, 0.6) is 0 Å². The third-order valence-corrected chi connectivity index (χ3v) is 8.38. The van der Waals surface area contributed by atoms with Gasteiger partial charge in [0, 0.05) is 28.1 Å². The molecular weight excluding hydrogens is 564 g/mol. The first kappa shape index (κ1) is 34.9. The molecule has 3 unspecified atom stereocenters. The number of carbonyl (C=O) groups excluding carboxylic acids is 1. The van der Waals surface area contributed by atoms with Crippen LogP contribution in [0.15, 0.2) is 68.1 Å². The van der Waals surface area contributed by atoms with Gasteiger partial charge in [-0.3, -0.25) is 9.79 Å². The van der Waals surface area contributed by atoms with Gasteiger partial charge in [0.05, 0.1) is 5.69 Å². The number of halogens is 4. The Morgan fingerprint density at radius 1 is 1.19 bits per heavy atom. The average Bonchev–Trinajstić information content (AvgIpc) is 3.23. The summed E-state index contributed by atoms with van der Waals surface area (Å²) in [5.41, 5.74) is 5.04. The van der Waals surface area contributed by atoms with Crippen LogP contribution in [0.3, 0.4) is 0 Å². The van der Waals surface area contributed by atoms with E-state index in [1.807, 2.05) is 26.7 Å². The molecule has 2 aliphatic rings. The number of alkyl halides is 4. The number of thioether (sulfide) groups is 1. The van der Waals surface area contributed by atoms with Crippen LogP contribution in [0.2, 0.25) is 0 Å². The lowest BCUT2D eigenvalue weighted by Gasteiger charge is -2.18. The number of aliphatic imine (C=N–C) groups is 1. The molecule has 3 atom stereocenters. The molecule has 0 bridgehead atoms. The SMILES string of the molecule is C=C(SC(CC)=C(C)C)C1=C/C(C)(F)C#CC(C(F)(F)F)/C=C\1.CCC1C(CCC(=O)N=O)=Nc2cc(C)c(C)cc21. The van der Waals surface area contributed by atoms with E-state index in [9.17, 15) is 27.3 Å². The number of allylic oxidation sites excluding steroid dienone is 6. The first-order valence-electron chi connectivity index (χ1n) is 13.8. The molecule has 9 heteroatoms. The quantitative estimate of drug-likeness (QED) is 0.169. The monoisotopic (exact) mass is 602 g/mol. The lowest BCUT2D eigenvalue weighted by molar-refractivity contribution is -0.146. The summed E-state index contributed by atoms with van der Waals surface area (Å²) in [5.74, 6) is 1.72. The minimum atomic E-state index is -4.52. The number of nitrogens with zero attached hydrogens (tertiary/aromatic N) is 2. The summed E-state index contributed by atoms with van der Waals surface area (Å²) < 4.78 is 53.0. The van der Waals surface area contributed by atoms with Crippen LogP contribution in [0.1, 0.15) is 82.9 Å². The molecule has 3 rings (SSSR count). The van der Waals surface area contributed by atoms with Gasteiger partial charge in [-0.2, -0.15) is 13.2 Å². The summed E-state index contributed by atoms with van der Waals surface area (Å²) in [6, 6.07) is 4.29. The van der Waals surface area contributed by atoms with E-state index >= 15 is 0 Å². The molecule has 0 aromatic heterocycles. The number of aryl methyl sites for hydroxylation is 2. The molecule has 0 radical (unpaired) electrons. The number of amides is 1. The zero-order valence-corrected chi connectivity index (χ0v) is 26.0. The maximum absolute atomic E-state index is 14.3. The fraction of sp³-hybridized carbons (Fsp3) is 0.455. The topological polar surface area (TPSA) is 58.9 Å². The first-order chi connectivity index (χ1) is 19.5. The summed E-state index contributed by atoms with van der Waals surface area (Å²) in [7, 11) is 0. The fourth-order valence-electron chi connectivity index (χ4n) is 4.52. The van der Waals surface area contributed by atoms with E-state index < -0.39 is 23.7 Å². The summed E-state index contributed by atoms with van der Waals surface area (Å²) in [6.07, 6.45) is 1.33. The molecule has 42 heavy (non-hydrogen) atoms. The largest absolute Gasteiger partial charge is 0.405 e. The van der Waals surface area contributed by atoms with Crippen molar-refractivity contribution in [1.29, 1.82) is 0 Å². The minimum Gasteiger partial charge on any atom is -0.269 e. The van der Waals surface area contributed by atoms with Crippen molar-refractivity contribution in [3.8, 4) is 11.8 Å². The molecule has 1 aliphatic heterocycles. The average molecular weight is 603 g/mol. The number of hydrogen-bond donors (Lipinski definition) is 0. The summed E-state index contributed by atoms with van der Waals surface area (Å²) in [5, 5.41) is 2.43. The van der Waals surface area contributed by atoms with Crippen molar-refractivity contribution in [1.82, 2.24) is 0 Å². The highest BCUT2D eigenvalue weighted by molar-refractivity contribution is 8.07. The molecule has 1 aliphatic carbocycles. The Labute approximate surface area is 250 Å². The predicted molar refractivity (Wildman–Crippen MR) is 166 cm³/mol. The van der Waals surface area contributed by atoms with Crippen LogP contribution < -0.4 is 0 Å². The molecule has 1 aromatic carbocycles. The Balaban J connectivity index is 0.000000298. The van der Waals surface area contributed by atoms with E-state index in [0.717, 1.165) is 47.7 Å². The highest BCUT2D eigenvalue weighted by atomic mass is 32.2. The molecule has 226 valence electrons. The van der Waals surface area contributed by atoms with Gasteiger partial charge in [-0.1, -0.05) is 67.8 Å². The van der Waals surface area contributed by atoms with E-state index in [2.05, 4.69) is 55.6 Å². The van der Waals surface area contributed by atoms with Crippen molar-refractivity contribution >= 4 is 29.1 Å². The second kappa shape index (κ2) is 14.8. The number of rotatable bonds is 8. The van der Waals surface area contributed by atoms with Gasteiger partial charge in [0.1, 0.15) is 5.92 Å². The third kappa shape index (κ3) is 9.65. The zero-order chi connectivity index (χ0) is 31.8. The Morgan fingerprint density at radius 3 is 2.38 bits per heavy atom. The standard InChI is InChI=1S/C18H20F4S.C15H18N2O2/c1-6-16(12(2)3)23-13(4)14-7-8-15(18(20,21)22)9-10-17(5,19)11-14;1-4-11-12-7-9(2)10(3)8-14(12)16-13(11)5-6-15(18)17-19/h7-8,11,15H,4,6H2,1-3,5H3;7-8,11H,4-6H2,1-3H3/b8-7-,14-11+;. The second-order valence-corrected chi connectivity index (χ2v) is 11.9. The van der Waals surface area contributed by atoms with Crippen molar-refractivity contribution < 1.29 is 22.4 Å². The van der Waals surface area contributed by atoms with Crippen LogP contribution in [-0.2, 0) is 4.79 Å². The Bertz CT molecular complexity index is 1400. The molecule has 0 spiro atoms. The van der Waals surface area contributed by atoms with Gasteiger partial charge in [0.15, 0.2) is 5.67 Å². The molecule has 0 saturated heterocycles. The van der Waals surface area contributed by atoms with Gasteiger partial charge in [-0.25, -0.2) is 4.39 Å². The molecular formula is C33H38F4N2O2S. The first-order valence-corrected chi connectivity index (χ1v) is 14.6. The Kier molecular flexibility index (Phi) is 12.3. The fourth-order valence-corrected chi connectivity index (χ4v) is 5.41. The van der Waals surface area contributed by atoms with Gasteiger partial charge in [-0.05, 0) is 93.2 Å². The van der Waals surface area contributed by atoms with Gasteiger partial charge < -0.3 is 0 Å². The van der Waals surface area contributed by atoms with Crippen LogP contribution in [0.25, 0.3) is 0 Å². The smallest absolute Gasteiger partial charge is 0.269 e. The number of nitroso groups, excluding NO2 is 1. The normalized spacial score (nSPS) is 22.8. The number of fused-ring (bicyclic) bond motifs is 1. The molecule has 1 heterocycles. The zero-order valence-electron chi connectivity index (χ0n) is 25.2. The van der Waals surface area contributed by atoms with E-state index in [4.69, 9.17) is 0 Å². The van der Waals surface area contributed by atoms with Crippen LogP contribution >= 0.6 is 11.8 Å². The van der Waals surface area contributed by atoms with Gasteiger partial charge in [-0.15, -0.1) is 4.91 Å². The Hall–Kier alpha value is -3.25. The molecule has 0 saturated carbocycles. The van der Waals surface area contributed by atoms with E-state index in [-0.39, 0.29) is 12.3 Å². The van der Waals surface area contributed by atoms with Crippen LogP contribution in [0, 0.1) is 36.5 Å².